The van der Waals surface area contributed by atoms with E-state index in [1.54, 1.807) is 20.8 Å². The molecule has 1 aromatic carbocycles. The summed E-state index contributed by atoms with van der Waals surface area (Å²) in [6.07, 6.45) is 0. The first-order chi connectivity index (χ1) is 12.7. The van der Waals surface area contributed by atoms with Crippen molar-refractivity contribution in [2.45, 2.75) is 39.0 Å². The van der Waals surface area contributed by atoms with E-state index in [0.29, 0.717) is 6.54 Å². The third-order valence-electron chi connectivity index (χ3n) is 4.81. The van der Waals surface area contributed by atoms with Crippen LogP contribution in [0.15, 0.2) is 35.3 Å². The zero-order valence-corrected chi connectivity index (χ0v) is 20.7. The van der Waals surface area contributed by atoms with Crippen molar-refractivity contribution in [1.29, 1.82) is 0 Å². The molecular weight excluding hydrogens is 487 g/mol. The van der Waals surface area contributed by atoms with E-state index in [1.165, 1.54) is 5.56 Å². The lowest BCUT2D eigenvalue weighted by Crippen LogP contribution is -2.52. The first-order valence-electron chi connectivity index (χ1n) is 9.75. The van der Waals surface area contributed by atoms with Gasteiger partial charge in [-0.05, 0) is 33.3 Å². The van der Waals surface area contributed by atoms with Crippen molar-refractivity contribution < 1.29 is 8.42 Å². The fourth-order valence-electron chi connectivity index (χ4n) is 2.96. The number of rotatable bonds is 6. The van der Waals surface area contributed by atoms with Gasteiger partial charge in [-0.1, -0.05) is 30.3 Å². The predicted octanol–water partition coefficient (Wildman–Crippen LogP) is 2.60. The molecule has 1 N–H and O–H groups in total. The van der Waals surface area contributed by atoms with Crippen molar-refractivity contribution in [3.8, 4) is 0 Å². The van der Waals surface area contributed by atoms with E-state index in [4.69, 9.17) is 0 Å². The zero-order chi connectivity index (χ0) is 19.9. The van der Waals surface area contributed by atoms with Gasteiger partial charge >= 0.3 is 0 Å². The van der Waals surface area contributed by atoms with Crippen molar-refractivity contribution in [2.24, 2.45) is 4.99 Å². The van der Waals surface area contributed by atoms with Crippen LogP contribution in [0, 0.1) is 0 Å². The van der Waals surface area contributed by atoms with E-state index in [2.05, 4.69) is 44.4 Å². The number of halogens is 1. The quantitative estimate of drug-likeness (QED) is 0.354. The van der Waals surface area contributed by atoms with Crippen LogP contribution in [-0.2, 0) is 16.4 Å². The maximum Gasteiger partial charge on any atom is 0.194 e. The maximum absolute atomic E-state index is 12.3. The van der Waals surface area contributed by atoms with Crippen molar-refractivity contribution in [1.82, 2.24) is 15.1 Å². The van der Waals surface area contributed by atoms with E-state index in [1.807, 2.05) is 13.0 Å². The summed E-state index contributed by atoms with van der Waals surface area (Å²) in [5.74, 6) is 0.903. The number of nitrogens with zero attached hydrogens (tertiary/aromatic N) is 3. The van der Waals surface area contributed by atoms with Crippen LogP contribution in [0.5, 0.6) is 0 Å². The topological polar surface area (TPSA) is 65.0 Å². The number of nitrogens with one attached hydrogen (secondary N) is 1. The SMILES string of the molecule is CCNC(=NCCS(=O)(=O)C(C)(C)C)N1CCN(Cc2ccccc2)CC1.I. The molecule has 1 fully saturated rings. The van der Waals surface area contributed by atoms with Crippen LogP contribution < -0.4 is 5.32 Å². The fraction of sp³-hybridized carbons (Fsp3) is 0.650. The second kappa shape index (κ2) is 11.3. The second-order valence-electron chi connectivity index (χ2n) is 7.92. The lowest BCUT2D eigenvalue weighted by atomic mass is 10.2. The third kappa shape index (κ3) is 7.51. The summed E-state index contributed by atoms with van der Waals surface area (Å²) >= 11 is 0. The molecule has 1 aromatic rings. The van der Waals surface area contributed by atoms with Gasteiger partial charge in [0.2, 0.25) is 0 Å². The Labute approximate surface area is 187 Å². The molecule has 28 heavy (non-hydrogen) atoms. The Morgan fingerprint density at radius 3 is 2.25 bits per heavy atom. The number of hydrogen-bond acceptors (Lipinski definition) is 4. The van der Waals surface area contributed by atoms with Gasteiger partial charge in [0.1, 0.15) is 0 Å². The highest BCUT2D eigenvalue weighted by Crippen LogP contribution is 2.15. The van der Waals surface area contributed by atoms with Crippen molar-refractivity contribution in [3.05, 3.63) is 35.9 Å². The monoisotopic (exact) mass is 522 g/mol. The largest absolute Gasteiger partial charge is 0.357 e. The smallest absolute Gasteiger partial charge is 0.194 e. The molecule has 8 heteroatoms. The van der Waals surface area contributed by atoms with Crippen LogP contribution >= 0.6 is 24.0 Å². The molecule has 1 saturated heterocycles. The summed E-state index contributed by atoms with van der Waals surface area (Å²) in [7, 11) is -3.14. The van der Waals surface area contributed by atoms with Crippen molar-refractivity contribution >= 4 is 39.8 Å². The molecule has 0 amide bonds. The van der Waals surface area contributed by atoms with Crippen molar-refractivity contribution in [3.63, 3.8) is 0 Å². The van der Waals surface area contributed by atoms with Gasteiger partial charge in [0.25, 0.3) is 0 Å². The van der Waals surface area contributed by atoms with Gasteiger partial charge < -0.3 is 10.2 Å². The highest BCUT2D eigenvalue weighted by molar-refractivity contribution is 14.0. The van der Waals surface area contributed by atoms with Crippen LogP contribution in [0.1, 0.15) is 33.3 Å². The normalized spacial score (nSPS) is 16.6. The summed E-state index contributed by atoms with van der Waals surface area (Å²) in [4.78, 5) is 9.25. The van der Waals surface area contributed by atoms with Crippen LogP contribution in [-0.4, -0.2) is 73.9 Å². The predicted molar refractivity (Wildman–Crippen MR) is 128 cm³/mol. The van der Waals surface area contributed by atoms with Crippen LogP contribution in [0.25, 0.3) is 0 Å². The Morgan fingerprint density at radius 1 is 1.11 bits per heavy atom. The van der Waals surface area contributed by atoms with Crippen LogP contribution in [0.3, 0.4) is 0 Å². The molecule has 1 aliphatic heterocycles. The summed E-state index contributed by atoms with van der Waals surface area (Å²) < 4.78 is 23.8. The lowest BCUT2D eigenvalue weighted by Gasteiger charge is -2.36. The Bertz CT molecular complexity index is 709. The number of hydrogen-bond donors (Lipinski definition) is 1. The Hall–Kier alpha value is -0.870. The molecule has 0 radical (unpaired) electrons. The number of piperazine rings is 1. The average Bonchev–Trinajstić information content (AvgIpc) is 2.61. The number of aliphatic imine (C=N–C) groups is 1. The zero-order valence-electron chi connectivity index (χ0n) is 17.5. The molecule has 160 valence electrons. The molecule has 2 rings (SSSR count). The Balaban J connectivity index is 0.00000392. The molecule has 1 aliphatic rings. The first-order valence-corrected chi connectivity index (χ1v) is 11.4. The van der Waals surface area contributed by atoms with E-state index in [-0.39, 0.29) is 29.7 Å². The van der Waals surface area contributed by atoms with Gasteiger partial charge in [-0.3, -0.25) is 9.89 Å². The Kier molecular flexibility index (Phi) is 10.2. The summed E-state index contributed by atoms with van der Waals surface area (Å²) in [6, 6.07) is 10.5. The number of benzene rings is 1. The molecule has 0 bridgehead atoms. The minimum absolute atomic E-state index is 0. The fourth-order valence-corrected chi connectivity index (χ4v) is 3.91. The molecular formula is C20H35IN4O2S. The van der Waals surface area contributed by atoms with Crippen LogP contribution in [0.4, 0.5) is 0 Å². The van der Waals surface area contributed by atoms with Gasteiger partial charge in [-0.2, -0.15) is 0 Å². The highest BCUT2D eigenvalue weighted by atomic mass is 127. The maximum atomic E-state index is 12.3. The summed E-state index contributed by atoms with van der Waals surface area (Å²) in [5, 5.41) is 3.30. The second-order valence-corrected chi connectivity index (χ2v) is 10.8. The van der Waals surface area contributed by atoms with Crippen molar-refractivity contribution in [2.75, 3.05) is 45.0 Å². The average molecular weight is 522 g/mol. The molecule has 6 nitrogen and oxygen atoms in total. The summed E-state index contributed by atoms with van der Waals surface area (Å²) in [6.45, 7) is 13.0. The molecule has 0 aliphatic carbocycles. The van der Waals surface area contributed by atoms with E-state index >= 15 is 0 Å². The van der Waals surface area contributed by atoms with Gasteiger partial charge in [0.05, 0.1) is 17.0 Å². The Morgan fingerprint density at radius 2 is 1.71 bits per heavy atom. The first kappa shape index (κ1) is 25.2. The molecule has 0 unspecified atom stereocenters. The minimum Gasteiger partial charge on any atom is -0.357 e. The summed E-state index contributed by atoms with van der Waals surface area (Å²) in [5.41, 5.74) is 1.33. The van der Waals surface area contributed by atoms with E-state index in [0.717, 1.165) is 45.2 Å². The van der Waals surface area contributed by atoms with Gasteiger partial charge in [0.15, 0.2) is 15.8 Å². The van der Waals surface area contributed by atoms with Gasteiger partial charge in [0, 0.05) is 39.3 Å². The molecule has 0 atom stereocenters. The third-order valence-corrected chi connectivity index (χ3v) is 7.40. The molecule has 0 aromatic heterocycles. The number of sulfone groups is 1. The van der Waals surface area contributed by atoms with Gasteiger partial charge in [-0.15, -0.1) is 24.0 Å². The lowest BCUT2D eigenvalue weighted by molar-refractivity contribution is 0.172. The van der Waals surface area contributed by atoms with E-state index < -0.39 is 14.6 Å². The number of guanidine groups is 1. The van der Waals surface area contributed by atoms with Gasteiger partial charge in [-0.25, -0.2) is 8.42 Å². The standard InChI is InChI=1S/C20H34N4O2S.HI/c1-5-21-19(22-11-16-27(25,26)20(2,3)4)24-14-12-23(13-15-24)17-18-9-7-6-8-10-18;/h6-10H,5,11-17H2,1-4H3,(H,21,22);1H. The molecule has 0 saturated carbocycles. The highest BCUT2D eigenvalue weighted by Gasteiger charge is 2.28. The minimum atomic E-state index is -3.14. The molecule has 0 spiro atoms. The van der Waals surface area contributed by atoms with Crippen LogP contribution in [0.2, 0.25) is 0 Å². The molecule has 1 heterocycles. The van der Waals surface area contributed by atoms with E-state index in [9.17, 15) is 8.42 Å².